The normalized spacial score (nSPS) is 11.0. The van der Waals surface area contributed by atoms with E-state index in [0.717, 1.165) is 27.1 Å². The van der Waals surface area contributed by atoms with Crippen molar-refractivity contribution < 1.29 is 14.3 Å². The van der Waals surface area contributed by atoms with E-state index in [9.17, 15) is 14.9 Å². The summed E-state index contributed by atoms with van der Waals surface area (Å²) in [6.07, 6.45) is 1.57. The van der Waals surface area contributed by atoms with Gasteiger partial charge in [-0.1, -0.05) is 22.0 Å². The molecule has 0 radical (unpaired) electrons. The minimum atomic E-state index is -0.482. The van der Waals surface area contributed by atoms with Gasteiger partial charge in [-0.2, -0.15) is 5.26 Å². The lowest BCUT2D eigenvalue weighted by molar-refractivity contribution is -0.112. The number of nitrogens with one attached hydrogen (secondary N) is 1. The number of hydrogen-bond donors (Lipinski definition) is 1. The van der Waals surface area contributed by atoms with Crippen molar-refractivity contribution in [2.24, 2.45) is 0 Å². The molecule has 0 saturated heterocycles. The second kappa shape index (κ2) is 10.1. The zero-order valence-corrected chi connectivity index (χ0v) is 19.6. The molecule has 3 rings (SSSR count). The van der Waals surface area contributed by atoms with Crippen LogP contribution in [0.15, 0.2) is 64.6 Å². The van der Waals surface area contributed by atoms with Gasteiger partial charge >= 0.3 is 5.97 Å². The fourth-order valence-corrected chi connectivity index (χ4v) is 3.62. The zero-order chi connectivity index (χ0) is 23.3. The molecule has 0 fully saturated rings. The van der Waals surface area contributed by atoms with E-state index in [1.54, 1.807) is 43.3 Å². The molecule has 32 heavy (non-hydrogen) atoms. The molecule has 7 heteroatoms. The zero-order valence-electron chi connectivity index (χ0n) is 18.0. The Kier molecular flexibility index (Phi) is 7.29. The van der Waals surface area contributed by atoms with Crippen molar-refractivity contribution in [3.05, 3.63) is 87.2 Å². The van der Waals surface area contributed by atoms with Crippen LogP contribution in [0.1, 0.15) is 34.2 Å². The fourth-order valence-electron chi connectivity index (χ4n) is 3.35. The van der Waals surface area contributed by atoms with Gasteiger partial charge in [0, 0.05) is 27.2 Å². The molecule has 0 aliphatic carbocycles. The Labute approximate surface area is 195 Å². The quantitative estimate of drug-likeness (QED) is 0.277. The van der Waals surface area contributed by atoms with Gasteiger partial charge in [0.05, 0.1) is 12.2 Å². The highest BCUT2D eigenvalue weighted by Gasteiger charge is 2.15. The van der Waals surface area contributed by atoms with Crippen molar-refractivity contribution in [2.45, 2.75) is 20.8 Å². The maximum Gasteiger partial charge on any atom is 0.338 e. The molecule has 0 spiro atoms. The molecule has 3 aromatic rings. The highest BCUT2D eigenvalue weighted by molar-refractivity contribution is 9.10. The van der Waals surface area contributed by atoms with Crippen molar-refractivity contribution >= 4 is 39.6 Å². The minimum absolute atomic E-state index is 0.00607. The van der Waals surface area contributed by atoms with E-state index >= 15 is 0 Å². The highest BCUT2D eigenvalue weighted by Crippen LogP contribution is 2.24. The molecule has 1 N–H and O–H groups in total. The van der Waals surface area contributed by atoms with Gasteiger partial charge in [0.25, 0.3) is 5.91 Å². The number of aryl methyl sites for hydroxylation is 1. The number of ether oxygens (including phenoxy) is 1. The van der Waals surface area contributed by atoms with E-state index in [2.05, 4.69) is 21.2 Å². The molecule has 1 heterocycles. The van der Waals surface area contributed by atoms with Gasteiger partial charge < -0.3 is 14.6 Å². The first-order valence-corrected chi connectivity index (χ1v) is 10.8. The monoisotopic (exact) mass is 491 g/mol. The van der Waals surface area contributed by atoms with Crippen LogP contribution < -0.4 is 5.32 Å². The molecule has 6 nitrogen and oxygen atoms in total. The van der Waals surface area contributed by atoms with Gasteiger partial charge in [-0.15, -0.1) is 0 Å². The Morgan fingerprint density at radius 1 is 1.16 bits per heavy atom. The van der Waals surface area contributed by atoms with E-state index in [0.29, 0.717) is 17.9 Å². The molecule has 162 valence electrons. The Balaban J connectivity index is 1.92. The number of nitriles is 1. The number of benzene rings is 2. The largest absolute Gasteiger partial charge is 0.462 e. The Morgan fingerprint density at radius 3 is 2.53 bits per heavy atom. The Bertz CT molecular complexity index is 1230. The second-order valence-corrected chi connectivity index (χ2v) is 7.98. The Hall–Kier alpha value is -3.63. The number of carbonyl (C=O) groups is 2. The summed E-state index contributed by atoms with van der Waals surface area (Å²) in [6.45, 7) is 5.89. The van der Waals surface area contributed by atoms with E-state index in [1.807, 2.05) is 48.7 Å². The second-order valence-electron chi connectivity index (χ2n) is 7.06. The summed E-state index contributed by atoms with van der Waals surface area (Å²) in [5, 5.41) is 12.3. The molecule has 0 aliphatic heterocycles. The third-order valence-corrected chi connectivity index (χ3v) is 5.38. The van der Waals surface area contributed by atoms with Gasteiger partial charge in [-0.05, 0) is 80.9 Å². The molecular weight excluding hydrogens is 470 g/mol. The first-order valence-electron chi connectivity index (χ1n) is 9.99. The number of halogens is 1. The Morgan fingerprint density at radius 2 is 1.88 bits per heavy atom. The van der Waals surface area contributed by atoms with Crippen LogP contribution in [0.2, 0.25) is 0 Å². The number of esters is 1. The lowest BCUT2D eigenvalue weighted by Gasteiger charge is -2.11. The predicted octanol–water partition coefficient (Wildman–Crippen LogP) is 5.58. The maximum atomic E-state index is 12.6. The summed E-state index contributed by atoms with van der Waals surface area (Å²) in [5.74, 6) is -0.864. The average molecular weight is 492 g/mol. The van der Waals surface area contributed by atoms with Crippen LogP contribution >= 0.6 is 15.9 Å². The molecule has 0 atom stereocenters. The van der Waals surface area contributed by atoms with Gasteiger partial charge in [-0.25, -0.2) is 4.79 Å². The molecule has 0 aliphatic rings. The minimum Gasteiger partial charge on any atom is -0.462 e. The lowest BCUT2D eigenvalue weighted by Crippen LogP contribution is -2.13. The molecule has 1 amide bonds. The maximum absolute atomic E-state index is 12.6. The smallest absolute Gasteiger partial charge is 0.338 e. The summed E-state index contributed by atoms with van der Waals surface area (Å²) >= 11 is 3.35. The third-order valence-electron chi connectivity index (χ3n) is 4.85. The van der Waals surface area contributed by atoms with E-state index < -0.39 is 5.91 Å². The van der Waals surface area contributed by atoms with Crippen molar-refractivity contribution in [3.63, 3.8) is 0 Å². The van der Waals surface area contributed by atoms with Crippen LogP contribution in [0.4, 0.5) is 5.69 Å². The van der Waals surface area contributed by atoms with E-state index in [1.165, 1.54) is 0 Å². The highest BCUT2D eigenvalue weighted by atomic mass is 79.9. The van der Waals surface area contributed by atoms with Crippen LogP contribution in [0, 0.1) is 25.2 Å². The fraction of sp³-hybridized carbons (Fsp3) is 0.160. The van der Waals surface area contributed by atoms with Gasteiger partial charge in [0.2, 0.25) is 0 Å². The van der Waals surface area contributed by atoms with Crippen LogP contribution in [0.3, 0.4) is 0 Å². The predicted molar refractivity (Wildman–Crippen MR) is 128 cm³/mol. The van der Waals surface area contributed by atoms with Gasteiger partial charge in [0.15, 0.2) is 0 Å². The van der Waals surface area contributed by atoms with Crippen LogP contribution in [-0.4, -0.2) is 23.1 Å². The standard InChI is InChI=1S/C25H22BrN3O3/c1-4-32-25(31)18-6-5-7-23(14-18)29-16(2)12-19(17(29)3)13-20(15-27)24(30)28-22-10-8-21(26)9-11-22/h5-14H,4H2,1-3H3,(H,28,30)/b20-13-. The van der Waals surface area contributed by atoms with Crippen LogP contribution in [0.5, 0.6) is 0 Å². The third kappa shape index (κ3) is 5.16. The van der Waals surface area contributed by atoms with Crippen molar-refractivity contribution in [3.8, 4) is 11.8 Å². The number of rotatable bonds is 6. The molecular formula is C25H22BrN3O3. The number of hydrogen-bond acceptors (Lipinski definition) is 4. The molecule has 0 unspecified atom stereocenters. The molecule has 2 aromatic carbocycles. The summed E-state index contributed by atoms with van der Waals surface area (Å²) in [6, 6.07) is 18.2. The summed E-state index contributed by atoms with van der Waals surface area (Å²) in [5.41, 5.74) is 4.33. The van der Waals surface area contributed by atoms with Gasteiger partial charge in [-0.3, -0.25) is 4.79 Å². The summed E-state index contributed by atoms with van der Waals surface area (Å²) in [7, 11) is 0. The van der Waals surface area contributed by atoms with Crippen molar-refractivity contribution in [2.75, 3.05) is 11.9 Å². The molecule has 0 bridgehead atoms. The number of anilines is 1. The molecule has 1 aromatic heterocycles. The van der Waals surface area contributed by atoms with E-state index in [-0.39, 0.29) is 11.5 Å². The number of carbonyl (C=O) groups excluding carboxylic acids is 2. The van der Waals surface area contributed by atoms with Gasteiger partial charge in [0.1, 0.15) is 11.6 Å². The first-order chi connectivity index (χ1) is 15.3. The SMILES string of the molecule is CCOC(=O)c1cccc(-n2c(C)cc(/C=C(/C#N)C(=O)Nc3ccc(Br)cc3)c2C)c1. The molecule has 0 saturated carbocycles. The number of amides is 1. The van der Waals surface area contributed by atoms with Crippen molar-refractivity contribution in [1.82, 2.24) is 4.57 Å². The summed E-state index contributed by atoms with van der Waals surface area (Å²) in [4.78, 5) is 24.7. The number of aromatic nitrogens is 1. The average Bonchev–Trinajstić information content (AvgIpc) is 3.06. The van der Waals surface area contributed by atoms with E-state index in [4.69, 9.17) is 4.74 Å². The lowest BCUT2D eigenvalue weighted by atomic mass is 10.1. The van der Waals surface area contributed by atoms with Crippen LogP contribution in [0.25, 0.3) is 11.8 Å². The van der Waals surface area contributed by atoms with Crippen molar-refractivity contribution in [1.29, 1.82) is 5.26 Å². The van der Waals surface area contributed by atoms with Crippen LogP contribution in [-0.2, 0) is 9.53 Å². The number of nitrogens with zero attached hydrogens (tertiary/aromatic N) is 2. The summed E-state index contributed by atoms with van der Waals surface area (Å²) < 4.78 is 7.96. The first kappa shape index (κ1) is 23.0. The topological polar surface area (TPSA) is 84.1 Å².